The van der Waals surface area contributed by atoms with Crippen LogP contribution in [0.5, 0.6) is 5.75 Å². The monoisotopic (exact) mass is 369 g/mol. The van der Waals surface area contributed by atoms with Crippen LogP contribution in [0, 0.1) is 6.92 Å². The summed E-state index contributed by atoms with van der Waals surface area (Å²) in [7, 11) is -2.17. The van der Waals surface area contributed by atoms with Crippen LogP contribution in [0.4, 0.5) is 5.69 Å². The third kappa shape index (κ3) is 3.86. The normalized spacial score (nSPS) is 11.3. The Labute approximate surface area is 152 Å². The average molecular weight is 369 g/mol. The number of carbonyl (C=O) groups is 1. The maximum Gasteiger partial charge on any atom is 0.239 e. The van der Waals surface area contributed by atoms with Gasteiger partial charge in [-0.2, -0.15) is 0 Å². The zero-order chi connectivity index (χ0) is 18.7. The largest absolute Gasteiger partial charge is 0.497 e. The van der Waals surface area contributed by atoms with Gasteiger partial charge in [-0.25, -0.2) is 8.42 Å². The molecule has 26 heavy (non-hydrogen) atoms. The number of rotatable bonds is 5. The van der Waals surface area contributed by atoms with E-state index < -0.39 is 21.5 Å². The smallest absolute Gasteiger partial charge is 0.239 e. The number of hydrogen-bond acceptors (Lipinski definition) is 4. The summed E-state index contributed by atoms with van der Waals surface area (Å²) >= 11 is 0. The predicted octanol–water partition coefficient (Wildman–Crippen LogP) is 3.57. The number of benzene rings is 3. The van der Waals surface area contributed by atoms with Gasteiger partial charge in [0, 0.05) is 5.69 Å². The van der Waals surface area contributed by atoms with Crippen LogP contribution >= 0.6 is 0 Å². The van der Waals surface area contributed by atoms with Gasteiger partial charge in [-0.05, 0) is 53.6 Å². The second kappa shape index (κ2) is 7.17. The summed E-state index contributed by atoms with van der Waals surface area (Å²) < 4.78 is 30.3. The van der Waals surface area contributed by atoms with Gasteiger partial charge in [-0.15, -0.1) is 0 Å². The van der Waals surface area contributed by atoms with Crippen LogP contribution in [0.25, 0.3) is 10.8 Å². The molecule has 0 fully saturated rings. The lowest BCUT2D eigenvalue weighted by Gasteiger charge is -2.10. The summed E-state index contributed by atoms with van der Waals surface area (Å²) in [6.45, 7) is 1.82. The lowest BCUT2D eigenvalue weighted by Crippen LogP contribution is -2.23. The van der Waals surface area contributed by atoms with E-state index in [2.05, 4.69) is 5.32 Å². The third-order valence-electron chi connectivity index (χ3n) is 4.11. The predicted molar refractivity (Wildman–Crippen MR) is 102 cm³/mol. The Morgan fingerprint density at radius 2 is 1.73 bits per heavy atom. The van der Waals surface area contributed by atoms with Crippen molar-refractivity contribution in [2.24, 2.45) is 0 Å². The van der Waals surface area contributed by atoms with Crippen LogP contribution in [0.2, 0.25) is 0 Å². The highest BCUT2D eigenvalue weighted by molar-refractivity contribution is 7.92. The molecular weight excluding hydrogens is 350 g/mol. The number of methoxy groups -OCH3 is 1. The standard InChI is InChI=1S/C20H19NO4S/c1-14-11-17(25-2)8-10-19(14)21-20(22)13-26(23,24)18-9-7-15-5-3-4-6-16(15)12-18/h3-12H,13H2,1-2H3,(H,21,22). The molecule has 0 aliphatic heterocycles. The summed E-state index contributed by atoms with van der Waals surface area (Å²) in [6, 6.07) is 17.5. The number of carbonyl (C=O) groups excluding carboxylic acids is 1. The van der Waals surface area contributed by atoms with Crippen molar-refractivity contribution in [1.29, 1.82) is 0 Å². The highest BCUT2D eigenvalue weighted by Crippen LogP contribution is 2.22. The van der Waals surface area contributed by atoms with E-state index in [0.29, 0.717) is 11.4 Å². The van der Waals surface area contributed by atoms with Gasteiger partial charge in [0.25, 0.3) is 0 Å². The fraction of sp³-hybridized carbons (Fsp3) is 0.150. The minimum Gasteiger partial charge on any atom is -0.497 e. The number of hydrogen-bond donors (Lipinski definition) is 1. The quantitative estimate of drug-likeness (QED) is 0.746. The van der Waals surface area contributed by atoms with Crippen molar-refractivity contribution in [1.82, 2.24) is 0 Å². The van der Waals surface area contributed by atoms with Crippen molar-refractivity contribution in [3.63, 3.8) is 0 Å². The Balaban J connectivity index is 1.78. The van der Waals surface area contributed by atoms with Gasteiger partial charge < -0.3 is 10.1 Å². The first kappa shape index (κ1) is 17.9. The van der Waals surface area contributed by atoms with Crippen molar-refractivity contribution >= 4 is 32.2 Å². The fourth-order valence-corrected chi connectivity index (χ4v) is 3.87. The van der Waals surface area contributed by atoms with Crippen molar-refractivity contribution in [2.45, 2.75) is 11.8 Å². The second-order valence-electron chi connectivity index (χ2n) is 6.00. The van der Waals surface area contributed by atoms with Crippen LogP contribution in [0.1, 0.15) is 5.56 Å². The molecule has 0 radical (unpaired) electrons. The van der Waals surface area contributed by atoms with Crippen molar-refractivity contribution in [3.8, 4) is 5.75 Å². The molecular formula is C20H19NO4S. The number of sulfone groups is 1. The molecule has 0 heterocycles. The summed E-state index contributed by atoms with van der Waals surface area (Å²) in [5.41, 5.74) is 1.35. The van der Waals surface area contributed by atoms with Crippen LogP contribution in [-0.2, 0) is 14.6 Å². The zero-order valence-electron chi connectivity index (χ0n) is 14.5. The van der Waals surface area contributed by atoms with Gasteiger partial charge in [0.15, 0.2) is 9.84 Å². The van der Waals surface area contributed by atoms with E-state index in [9.17, 15) is 13.2 Å². The van der Waals surface area contributed by atoms with E-state index >= 15 is 0 Å². The number of aryl methyl sites for hydroxylation is 1. The van der Waals surface area contributed by atoms with Crippen LogP contribution < -0.4 is 10.1 Å². The van der Waals surface area contributed by atoms with Gasteiger partial charge in [-0.3, -0.25) is 4.79 Å². The van der Waals surface area contributed by atoms with Crippen molar-refractivity contribution in [3.05, 3.63) is 66.2 Å². The first-order chi connectivity index (χ1) is 12.4. The number of anilines is 1. The summed E-state index contributed by atoms with van der Waals surface area (Å²) in [5, 5.41) is 4.42. The van der Waals surface area contributed by atoms with E-state index in [1.165, 1.54) is 6.07 Å². The number of ether oxygens (including phenoxy) is 1. The Kier molecular flexibility index (Phi) is 4.95. The molecule has 3 rings (SSSR count). The number of amides is 1. The fourth-order valence-electron chi connectivity index (χ4n) is 2.71. The third-order valence-corrected chi connectivity index (χ3v) is 5.72. The minimum atomic E-state index is -3.73. The minimum absolute atomic E-state index is 0.137. The van der Waals surface area contributed by atoms with E-state index in [1.807, 2.05) is 31.2 Å². The van der Waals surface area contributed by atoms with Gasteiger partial charge in [0.1, 0.15) is 11.5 Å². The highest BCUT2D eigenvalue weighted by atomic mass is 32.2. The van der Waals surface area contributed by atoms with E-state index in [4.69, 9.17) is 4.74 Å². The molecule has 0 spiro atoms. The summed E-state index contributed by atoms with van der Waals surface area (Å²) in [4.78, 5) is 12.4. The molecule has 0 atom stereocenters. The summed E-state index contributed by atoms with van der Waals surface area (Å²) in [6.07, 6.45) is 0. The molecule has 0 unspecified atom stereocenters. The highest BCUT2D eigenvalue weighted by Gasteiger charge is 2.20. The average Bonchev–Trinajstić information content (AvgIpc) is 2.62. The molecule has 5 nitrogen and oxygen atoms in total. The molecule has 0 bridgehead atoms. The van der Waals surface area contributed by atoms with Crippen LogP contribution in [-0.4, -0.2) is 27.2 Å². The molecule has 0 aliphatic carbocycles. The Morgan fingerprint density at radius 1 is 1.00 bits per heavy atom. The molecule has 0 aliphatic rings. The van der Waals surface area contributed by atoms with Gasteiger partial charge in [0.2, 0.25) is 5.91 Å². The lowest BCUT2D eigenvalue weighted by atomic mass is 10.1. The number of nitrogens with one attached hydrogen (secondary N) is 1. The second-order valence-corrected chi connectivity index (χ2v) is 7.99. The van der Waals surface area contributed by atoms with Crippen molar-refractivity contribution in [2.75, 3.05) is 18.2 Å². The van der Waals surface area contributed by atoms with E-state index in [1.54, 1.807) is 37.4 Å². The topological polar surface area (TPSA) is 72.5 Å². The van der Waals surface area contributed by atoms with Gasteiger partial charge in [-0.1, -0.05) is 30.3 Å². The van der Waals surface area contributed by atoms with Crippen LogP contribution in [0.15, 0.2) is 65.6 Å². The zero-order valence-corrected chi connectivity index (χ0v) is 15.3. The molecule has 1 N–H and O–H groups in total. The van der Waals surface area contributed by atoms with Gasteiger partial charge in [0.05, 0.1) is 12.0 Å². The molecule has 3 aromatic rings. The van der Waals surface area contributed by atoms with E-state index in [0.717, 1.165) is 16.3 Å². The number of fused-ring (bicyclic) bond motifs is 1. The van der Waals surface area contributed by atoms with Gasteiger partial charge >= 0.3 is 0 Å². The van der Waals surface area contributed by atoms with Crippen molar-refractivity contribution < 1.29 is 17.9 Å². The first-order valence-corrected chi connectivity index (χ1v) is 9.70. The molecule has 134 valence electrons. The Morgan fingerprint density at radius 3 is 2.42 bits per heavy atom. The first-order valence-electron chi connectivity index (χ1n) is 8.05. The Hall–Kier alpha value is -2.86. The molecule has 3 aromatic carbocycles. The molecule has 0 saturated heterocycles. The van der Waals surface area contributed by atoms with Crippen LogP contribution in [0.3, 0.4) is 0 Å². The van der Waals surface area contributed by atoms with E-state index in [-0.39, 0.29) is 4.90 Å². The Bertz CT molecular complexity index is 1070. The SMILES string of the molecule is COc1ccc(NC(=O)CS(=O)(=O)c2ccc3ccccc3c2)c(C)c1. The molecule has 6 heteroatoms. The molecule has 1 amide bonds. The maximum absolute atomic E-state index is 12.6. The molecule has 0 saturated carbocycles. The lowest BCUT2D eigenvalue weighted by molar-refractivity contribution is -0.113. The maximum atomic E-state index is 12.6. The molecule has 0 aromatic heterocycles. The summed E-state index contributed by atoms with van der Waals surface area (Å²) in [5.74, 6) is -0.521.